The molecule has 2 heterocycles. The highest BCUT2D eigenvalue weighted by atomic mass is 16.5. The number of carbonyl (C=O) groups is 1. The fourth-order valence-corrected chi connectivity index (χ4v) is 3.75. The second kappa shape index (κ2) is 7.34. The van der Waals surface area contributed by atoms with Crippen LogP contribution in [0.5, 0.6) is 11.5 Å². The van der Waals surface area contributed by atoms with Gasteiger partial charge in [-0.3, -0.25) is 9.59 Å². The molecule has 7 nitrogen and oxygen atoms in total. The van der Waals surface area contributed by atoms with Crippen molar-refractivity contribution in [3.05, 3.63) is 64.2 Å². The summed E-state index contributed by atoms with van der Waals surface area (Å²) in [6.07, 6.45) is 1.68. The summed E-state index contributed by atoms with van der Waals surface area (Å²) >= 11 is 0. The number of ether oxygens (including phenoxy) is 2. The summed E-state index contributed by atoms with van der Waals surface area (Å²) in [5.41, 5.74) is 1.11. The van der Waals surface area contributed by atoms with Crippen molar-refractivity contribution in [2.45, 2.75) is 18.9 Å². The van der Waals surface area contributed by atoms with Gasteiger partial charge in [0.15, 0.2) is 5.82 Å². The number of hydrogen-bond donors (Lipinski definition) is 1. The lowest BCUT2D eigenvalue weighted by Gasteiger charge is -2.26. The van der Waals surface area contributed by atoms with Crippen molar-refractivity contribution in [1.82, 2.24) is 14.9 Å². The predicted octanol–water partition coefficient (Wildman–Crippen LogP) is 2.92. The first-order valence-electron chi connectivity index (χ1n) is 9.14. The van der Waals surface area contributed by atoms with Crippen molar-refractivity contribution in [3.8, 4) is 11.5 Å². The van der Waals surface area contributed by atoms with Crippen LogP contribution in [0, 0.1) is 0 Å². The van der Waals surface area contributed by atoms with E-state index in [-0.39, 0.29) is 23.3 Å². The molecular weight excluding hydrogens is 358 g/mol. The summed E-state index contributed by atoms with van der Waals surface area (Å²) < 4.78 is 10.8. The molecule has 0 aliphatic carbocycles. The van der Waals surface area contributed by atoms with Gasteiger partial charge in [0.05, 0.1) is 31.2 Å². The lowest BCUT2D eigenvalue weighted by atomic mass is 10.0. The number of aromatic nitrogens is 2. The van der Waals surface area contributed by atoms with Crippen LogP contribution in [0.15, 0.2) is 47.3 Å². The average molecular weight is 379 g/mol. The van der Waals surface area contributed by atoms with E-state index in [0.717, 1.165) is 18.4 Å². The van der Waals surface area contributed by atoms with Gasteiger partial charge in [-0.2, -0.15) is 0 Å². The van der Waals surface area contributed by atoms with Crippen LogP contribution in [-0.4, -0.2) is 41.5 Å². The molecule has 1 aromatic heterocycles. The van der Waals surface area contributed by atoms with E-state index in [1.54, 1.807) is 43.4 Å². The lowest BCUT2D eigenvalue weighted by Crippen LogP contribution is -2.33. The minimum Gasteiger partial charge on any atom is -0.497 e. The van der Waals surface area contributed by atoms with Gasteiger partial charge in [0, 0.05) is 18.2 Å². The summed E-state index contributed by atoms with van der Waals surface area (Å²) in [5.74, 6) is 1.13. The maximum absolute atomic E-state index is 13.2. The third-order valence-electron chi connectivity index (χ3n) is 5.13. The number of amides is 1. The molecule has 1 N–H and O–H groups in total. The first kappa shape index (κ1) is 18.0. The minimum absolute atomic E-state index is 0.0584. The van der Waals surface area contributed by atoms with Crippen LogP contribution in [0.1, 0.15) is 35.1 Å². The molecule has 1 saturated heterocycles. The van der Waals surface area contributed by atoms with Crippen molar-refractivity contribution in [1.29, 1.82) is 0 Å². The van der Waals surface area contributed by atoms with E-state index in [4.69, 9.17) is 9.47 Å². The van der Waals surface area contributed by atoms with E-state index in [1.165, 1.54) is 0 Å². The Balaban J connectivity index is 1.71. The number of fused-ring (bicyclic) bond motifs is 1. The molecule has 1 amide bonds. The van der Waals surface area contributed by atoms with E-state index < -0.39 is 0 Å². The van der Waals surface area contributed by atoms with Crippen molar-refractivity contribution >= 4 is 16.8 Å². The lowest BCUT2D eigenvalue weighted by molar-refractivity contribution is 0.0722. The Bertz CT molecular complexity index is 1090. The van der Waals surface area contributed by atoms with Gasteiger partial charge in [0.25, 0.3) is 11.5 Å². The second-order valence-electron chi connectivity index (χ2n) is 6.70. The van der Waals surface area contributed by atoms with Crippen LogP contribution in [-0.2, 0) is 0 Å². The Morgan fingerprint density at radius 3 is 2.79 bits per heavy atom. The monoisotopic (exact) mass is 379 g/mol. The molecule has 4 rings (SSSR count). The molecule has 0 radical (unpaired) electrons. The summed E-state index contributed by atoms with van der Waals surface area (Å²) in [7, 11) is 3.20. The van der Waals surface area contributed by atoms with Crippen LogP contribution < -0.4 is 15.0 Å². The molecule has 1 aliphatic heterocycles. The quantitative estimate of drug-likeness (QED) is 0.753. The van der Waals surface area contributed by atoms with Gasteiger partial charge in [-0.05, 0) is 37.1 Å². The van der Waals surface area contributed by atoms with Crippen molar-refractivity contribution in [3.63, 3.8) is 0 Å². The zero-order chi connectivity index (χ0) is 19.7. The highest BCUT2D eigenvalue weighted by molar-refractivity contribution is 5.93. The molecule has 1 aliphatic rings. The number of carbonyl (C=O) groups excluding carboxylic acids is 1. The van der Waals surface area contributed by atoms with Gasteiger partial charge in [0.2, 0.25) is 0 Å². The van der Waals surface area contributed by atoms with Crippen LogP contribution in [0.25, 0.3) is 10.9 Å². The van der Waals surface area contributed by atoms with E-state index in [2.05, 4.69) is 9.97 Å². The largest absolute Gasteiger partial charge is 0.497 e. The van der Waals surface area contributed by atoms with Crippen molar-refractivity contribution < 1.29 is 14.3 Å². The number of para-hydroxylation sites is 1. The molecule has 1 fully saturated rings. The van der Waals surface area contributed by atoms with Crippen molar-refractivity contribution in [2.75, 3.05) is 20.8 Å². The number of rotatable bonds is 4. The van der Waals surface area contributed by atoms with E-state index in [0.29, 0.717) is 28.9 Å². The highest BCUT2D eigenvalue weighted by Crippen LogP contribution is 2.39. The van der Waals surface area contributed by atoms with Crippen LogP contribution in [0.3, 0.4) is 0 Å². The second-order valence-corrected chi connectivity index (χ2v) is 6.70. The number of hydrogen-bond acceptors (Lipinski definition) is 5. The van der Waals surface area contributed by atoms with E-state index >= 15 is 0 Å². The van der Waals surface area contributed by atoms with Gasteiger partial charge in [-0.25, -0.2) is 4.98 Å². The van der Waals surface area contributed by atoms with Crippen LogP contribution in [0.4, 0.5) is 0 Å². The number of nitrogens with zero attached hydrogens (tertiary/aromatic N) is 2. The number of likely N-dealkylation sites (tertiary alicyclic amines) is 1. The van der Waals surface area contributed by atoms with Gasteiger partial charge >= 0.3 is 0 Å². The Hall–Kier alpha value is -3.35. The number of methoxy groups -OCH3 is 2. The number of nitrogens with one attached hydrogen (secondary N) is 1. The Morgan fingerprint density at radius 2 is 2.00 bits per heavy atom. The first-order valence-corrected chi connectivity index (χ1v) is 9.14. The predicted molar refractivity (Wildman–Crippen MR) is 105 cm³/mol. The average Bonchev–Trinajstić information content (AvgIpc) is 3.22. The normalized spacial score (nSPS) is 16.4. The molecule has 7 heteroatoms. The van der Waals surface area contributed by atoms with E-state index in [1.807, 2.05) is 18.2 Å². The zero-order valence-corrected chi connectivity index (χ0v) is 15.8. The molecule has 0 spiro atoms. The molecule has 0 saturated carbocycles. The fraction of sp³-hybridized carbons (Fsp3) is 0.286. The van der Waals surface area contributed by atoms with Gasteiger partial charge in [-0.1, -0.05) is 12.1 Å². The topological polar surface area (TPSA) is 84.5 Å². The molecule has 1 atom stereocenters. The molecule has 2 aromatic carbocycles. The first-order chi connectivity index (χ1) is 13.6. The smallest absolute Gasteiger partial charge is 0.290 e. The molecule has 3 aromatic rings. The fourth-order valence-electron chi connectivity index (χ4n) is 3.75. The molecule has 1 unspecified atom stereocenters. The third-order valence-corrected chi connectivity index (χ3v) is 5.13. The minimum atomic E-state index is -0.313. The van der Waals surface area contributed by atoms with Crippen molar-refractivity contribution in [2.24, 2.45) is 0 Å². The number of aromatic amines is 1. The van der Waals surface area contributed by atoms with Gasteiger partial charge in [-0.15, -0.1) is 0 Å². The maximum atomic E-state index is 13.2. The summed E-state index contributed by atoms with van der Waals surface area (Å²) in [4.78, 5) is 34.3. The standard InChI is InChI=1S/C21H21N3O4/c1-27-13-9-10-15(18(12-13)28-2)17-8-5-11-24(17)21(26)19-22-16-7-4-3-6-14(16)20(25)23-19/h3-4,6-7,9-10,12,17H,5,8,11H2,1-2H3,(H,22,23,25). The Morgan fingerprint density at radius 1 is 1.18 bits per heavy atom. The third kappa shape index (κ3) is 3.09. The SMILES string of the molecule is COc1ccc(C2CCCN2C(=O)c2nc3ccccc3c(=O)[nH]2)c(OC)c1. The van der Waals surface area contributed by atoms with Gasteiger partial charge in [0.1, 0.15) is 11.5 Å². The Kier molecular flexibility index (Phi) is 4.73. The van der Waals surface area contributed by atoms with Crippen LogP contribution >= 0.6 is 0 Å². The summed E-state index contributed by atoms with van der Waals surface area (Å²) in [5, 5.41) is 0.467. The number of H-pyrrole nitrogens is 1. The highest BCUT2D eigenvalue weighted by Gasteiger charge is 2.33. The van der Waals surface area contributed by atoms with Gasteiger partial charge < -0.3 is 19.4 Å². The van der Waals surface area contributed by atoms with Crippen LogP contribution in [0.2, 0.25) is 0 Å². The zero-order valence-electron chi connectivity index (χ0n) is 15.8. The summed E-state index contributed by atoms with van der Waals surface area (Å²) in [6, 6.07) is 12.4. The maximum Gasteiger partial charge on any atom is 0.290 e. The molecule has 28 heavy (non-hydrogen) atoms. The molecule has 0 bridgehead atoms. The Labute approximate surface area is 161 Å². The molecule has 144 valence electrons. The molecular formula is C21H21N3O4. The summed E-state index contributed by atoms with van der Waals surface area (Å²) in [6.45, 7) is 0.592. The number of benzene rings is 2. The van der Waals surface area contributed by atoms with E-state index in [9.17, 15) is 9.59 Å².